The number of aliphatic carboxylic acids is 1. The summed E-state index contributed by atoms with van der Waals surface area (Å²) >= 11 is 0. The summed E-state index contributed by atoms with van der Waals surface area (Å²) in [6.45, 7) is 5.67. The minimum Gasteiger partial charge on any atom is -0.489 e. The van der Waals surface area contributed by atoms with Gasteiger partial charge in [-0.1, -0.05) is 61.7 Å². The van der Waals surface area contributed by atoms with Crippen molar-refractivity contribution in [2.24, 2.45) is 5.73 Å². The van der Waals surface area contributed by atoms with Gasteiger partial charge < -0.3 is 20.3 Å². The number of nitrogens with zero attached hydrogens (tertiary/aromatic N) is 1. The molecule has 1 fully saturated rings. The summed E-state index contributed by atoms with van der Waals surface area (Å²) in [7, 11) is 1.43. The third-order valence-electron chi connectivity index (χ3n) is 5.68. The van der Waals surface area contributed by atoms with Gasteiger partial charge in [0, 0.05) is 19.5 Å². The van der Waals surface area contributed by atoms with Crippen molar-refractivity contribution in [2.45, 2.75) is 83.6 Å². The number of nitrogens with two attached hydrogens (primary N) is 1. The Morgan fingerprint density at radius 2 is 1.60 bits per heavy atom. The Balaban J connectivity index is 0.000000527. The maximum absolute atomic E-state index is 12.2. The number of hydrogen-bond acceptors (Lipinski definition) is 5. The average molecular weight is 485 g/mol. The summed E-state index contributed by atoms with van der Waals surface area (Å²) < 4.78 is 11.0. The third kappa shape index (κ3) is 10.8. The highest BCUT2D eigenvalue weighted by Gasteiger charge is 2.30. The molecule has 2 aromatic carbocycles. The van der Waals surface area contributed by atoms with Crippen LogP contribution in [0.3, 0.4) is 0 Å². The molecule has 1 atom stereocenters. The zero-order chi connectivity index (χ0) is 25.8. The second-order valence-electron chi connectivity index (χ2n) is 9.97. The average Bonchev–Trinajstić information content (AvgIpc) is 2.82. The quantitative estimate of drug-likeness (QED) is 0.545. The summed E-state index contributed by atoms with van der Waals surface area (Å²) in [5.41, 5.74) is 6.80. The smallest absolute Gasteiger partial charge is 0.410 e. The highest BCUT2D eigenvalue weighted by atomic mass is 16.6. The second kappa shape index (κ2) is 13.7. The maximum atomic E-state index is 12.2. The number of hydrogen-bond donors (Lipinski definition) is 2. The van der Waals surface area contributed by atoms with Crippen molar-refractivity contribution in [3.8, 4) is 5.75 Å². The van der Waals surface area contributed by atoms with Crippen molar-refractivity contribution < 1.29 is 24.2 Å². The van der Waals surface area contributed by atoms with E-state index in [-0.39, 0.29) is 6.42 Å². The van der Waals surface area contributed by atoms with Gasteiger partial charge >= 0.3 is 12.1 Å². The molecule has 3 rings (SSSR count). The van der Waals surface area contributed by atoms with Gasteiger partial charge in [-0.25, -0.2) is 9.59 Å². The summed E-state index contributed by atoms with van der Waals surface area (Å²) in [6.07, 6.45) is 6.17. The van der Waals surface area contributed by atoms with Gasteiger partial charge in [0.2, 0.25) is 0 Å². The molecule has 35 heavy (non-hydrogen) atoms. The molecule has 0 saturated heterocycles. The lowest BCUT2D eigenvalue weighted by Crippen LogP contribution is -2.46. The van der Waals surface area contributed by atoms with Crippen LogP contribution in [0.2, 0.25) is 0 Å². The van der Waals surface area contributed by atoms with Crippen molar-refractivity contribution in [2.75, 3.05) is 7.05 Å². The van der Waals surface area contributed by atoms with E-state index >= 15 is 0 Å². The standard InChI is InChI=1S/C22H27NO5.C6H13N/c1-22(2,3)28-21(26)23(4)19(20(24)25)14-16-10-12-18(13-11-16)27-15-17-8-6-5-7-9-17;7-6-4-2-1-3-5-6/h5-13,19H,14-15H2,1-4H3,(H,24,25);6H,1-5,7H2/t19-;/m1./s1. The Hall–Kier alpha value is -3.06. The van der Waals surface area contributed by atoms with Gasteiger partial charge in [0.25, 0.3) is 0 Å². The van der Waals surface area contributed by atoms with E-state index < -0.39 is 23.7 Å². The van der Waals surface area contributed by atoms with Crippen LogP contribution in [-0.2, 0) is 22.6 Å². The highest BCUT2D eigenvalue weighted by Crippen LogP contribution is 2.18. The first-order valence-electron chi connectivity index (χ1n) is 12.2. The zero-order valence-electron chi connectivity index (χ0n) is 21.4. The molecule has 0 aromatic heterocycles. The van der Waals surface area contributed by atoms with Crippen LogP contribution in [0.25, 0.3) is 0 Å². The molecule has 0 radical (unpaired) electrons. The third-order valence-corrected chi connectivity index (χ3v) is 5.68. The molecule has 192 valence electrons. The van der Waals surface area contributed by atoms with Crippen LogP contribution in [0, 0.1) is 0 Å². The number of carboxylic acid groups (broad SMARTS) is 1. The highest BCUT2D eigenvalue weighted by molar-refractivity contribution is 5.80. The van der Waals surface area contributed by atoms with Gasteiger partial charge in [-0.2, -0.15) is 0 Å². The number of amides is 1. The summed E-state index contributed by atoms with van der Waals surface area (Å²) in [4.78, 5) is 25.0. The number of benzene rings is 2. The summed E-state index contributed by atoms with van der Waals surface area (Å²) in [5.74, 6) is -0.391. The Morgan fingerprint density at radius 3 is 2.09 bits per heavy atom. The van der Waals surface area contributed by atoms with Crippen molar-refractivity contribution in [3.63, 3.8) is 0 Å². The van der Waals surface area contributed by atoms with Crippen LogP contribution in [0.15, 0.2) is 54.6 Å². The molecule has 3 N–H and O–H groups in total. The van der Waals surface area contributed by atoms with Crippen molar-refractivity contribution in [1.82, 2.24) is 4.90 Å². The van der Waals surface area contributed by atoms with E-state index in [1.54, 1.807) is 45.0 Å². The van der Waals surface area contributed by atoms with E-state index in [0.29, 0.717) is 18.4 Å². The number of carbonyl (C=O) groups is 2. The molecular formula is C28H40N2O5. The Kier molecular flexibility index (Phi) is 11.1. The Morgan fingerprint density at radius 1 is 1.00 bits per heavy atom. The molecule has 0 aliphatic heterocycles. The molecule has 7 heteroatoms. The molecule has 0 unspecified atom stereocenters. The molecule has 0 bridgehead atoms. The van der Waals surface area contributed by atoms with Gasteiger partial charge in [0.1, 0.15) is 24.0 Å². The summed E-state index contributed by atoms with van der Waals surface area (Å²) in [5, 5.41) is 9.54. The lowest BCUT2D eigenvalue weighted by atomic mass is 9.97. The molecule has 1 aliphatic rings. The maximum Gasteiger partial charge on any atom is 0.410 e. The van der Waals surface area contributed by atoms with Crippen LogP contribution in [-0.4, -0.2) is 46.8 Å². The fraction of sp³-hybridized carbons (Fsp3) is 0.500. The van der Waals surface area contributed by atoms with Gasteiger partial charge in [0.05, 0.1) is 0 Å². The molecule has 1 saturated carbocycles. The number of carbonyl (C=O) groups excluding carboxylic acids is 1. The fourth-order valence-corrected chi connectivity index (χ4v) is 3.67. The van der Waals surface area contributed by atoms with Crippen molar-refractivity contribution >= 4 is 12.1 Å². The van der Waals surface area contributed by atoms with Crippen LogP contribution in [0.4, 0.5) is 4.79 Å². The molecule has 1 amide bonds. The largest absolute Gasteiger partial charge is 0.489 e. The molecule has 1 aliphatic carbocycles. The molecule has 7 nitrogen and oxygen atoms in total. The monoisotopic (exact) mass is 484 g/mol. The number of carboxylic acids is 1. The van der Waals surface area contributed by atoms with Crippen LogP contribution >= 0.6 is 0 Å². The van der Waals surface area contributed by atoms with E-state index in [2.05, 4.69) is 0 Å². The lowest BCUT2D eigenvalue weighted by Gasteiger charge is -2.28. The van der Waals surface area contributed by atoms with Gasteiger partial charge in [0.15, 0.2) is 0 Å². The first kappa shape index (κ1) is 28.2. The first-order valence-corrected chi connectivity index (χ1v) is 12.2. The van der Waals surface area contributed by atoms with E-state index in [0.717, 1.165) is 16.0 Å². The Labute approximate surface area is 209 Å². The molecular weight excluding hydrogens is 444 g/mol. The predicted octanol–water partition coefficient (Wildman–Crippen LogP) is 5.41. The van der Waals surface area contributed by atoms with Gasteiger partial charge in [-0.3, -0.25) is 4.90 Å². The van der Waals surface area contributed by atoms with E-state index in [4.69, 9.17) is 15.2 Å². The predicted molar refractivity (Wildman–Crippen MR) is 137 cm³/mol. The topological polar surface area (TPSA) is 102 Å². The minimum atomic E-state index is -1.09. The molecule has 2 aromatic rings. The van der Waals surface area contributed by atoms with Crippen LogP contribution in [0.5, 0.6) is 5.75 Å². The fourth-order valence-electron chi connectivity index (χ4n) is 3.67. The Bertz CT molecular complexity index is 903. The zero-order valence-corrected chi connectivity index (χ0v) is 21.4. The van der Waals surface area contributed by atoms with E-state index in [1.165, 1.54) is 39.2 Å². The number of rotatable bonds is 7. The number of likely N-dealkylation sites (N-methyl/N-ethyl adjacent to an activating group) is 1. The normalized spacial score (nSPS) is 14.8. The van der Waals surface area contributed by atoms with Crippen LogP contribution < -0.4 is 10.5 Å². The van der Waals surface area contributed by atoms with Gasteiger partial charge in [-0.15, -0.1) is 0 Å². The van der Waals surface area contributed by atoms with E-state index in [9.17, 15) is 14.7 Å². The molecule has 0 heterocycles. The molecule has 0 spiro atoms. The first-order chi connectivity index (χ1) is 16.5. The van der Waals surface area contributed by atoms with Gasteiger partial charge in [-0.05, 0) is 56.9 Å². The minimum absolute atomic E-state index is 0.171. The van der Waals surface area contributed by atoms with Crippen molar-refractivity contribution in [3.05, 3.63) is 65.7 Å². The number of ether oxygens (including phenoxy) is 2. The summed E-state index contributed by atoms with van der Waals surface area (Å²) in [6, 6.07) is 16.5. The van der Waals surface area contributed by atoms with Crippen LogP contribution in [0.1, 0.15) is 64.0 Å². The van der Waals surface area contributed by atoms with E-state index in [1.807, 2.05) is 30.3 Å². The SMILES string of the molecule is CN(C(=O)OC(C)(C)C)[C@H](Cc1ccc(OCc2ccccc2)cc1)C(=O)O.NC1CCCCC1. The second-order valence-corrected chi connectivity index (χ2v) is 9.97. The lowest BCUT2D eigenvalue weighted by molar-refractivity contribution is -0.142. The van der Waals surface area contributed by atoms with Crippen molar-refractivity contribution in [1.29, 1.82) is 0 Å².